The van der Waals surface area contributed by atoms with Crippen LogP contribution >= 0.6 is 11.3 Å². The fourth-order valence-corrected chi connectivity index (χ4v) is 2.23. The predicted octanol–water partition coefficient (Wildman–Crippen LogP) is 0.929. The number of rotatable bonds is 6. The van der Waals surface area contributed by atoms with Crippen LogP contribution in [0.1, 0.15) is 24.3 Å². The fourth-order valence-electron chi connectivity index (χ4n) is 1.61. The molecule has 0 aromatic carbocycles. The fraction of sp³-hybridized carbons (Fsp3) is 0.636. The zero-order valence-corrected chi connectivity index (χ0v) is 10.0. The number of carbonyl (C=O) groups is 1. The van der Waals surface area contributed by atoms with E-state index in [1.165, 1.54) is 12.8 Å². The number of nitrogens with one attached hydrogen (secondary N) is 1. The standard InChI is InChI=1S/C11H17N3OS/c12-9(8-1-2-8)7-14-10(15)3-4-11-13-5-6-16-11/h5-6,8-9H,1-4,7,12H2,(H,14,15). The number of aromatic nitrogens is 1. The molecule has 1 aromatic rings. The second kappa shape index (κ2) is 5.41. The number of nitrogens with two attached hydrogens (primary N) is 1. The molecule has 0 saturated heterocycles. The molecule has 1 heterocycles. The van der Waals surface area contributed by atoms with Crippen molar-refractivity contribution in [3.05, 3.63) is 16.6 Å². The van der Waals surface area contributed by atoms with Crippen molar-refractivity contribution in [3.8, 4) is 0 Å². The van der Waals surface area contributed by atoms with Crippen LogP contribution in [-0.4, -0.2) is 23.5 Å². The molecule has 3 N–H and O–H groups in total. The van der Waals surface area contributed by atoms with Gasteiger partial charge in [0.05, 0.1) is 5.01 Å². The Morgan fingerprint density at radius 2 is 2.50 bits per heavy atom. The number of nitrogens with zero attached hydrogens (tertiary/aromatic N) is 1. The molecule has 1 unspecified atom stereocenters. The summed E-state index contributed by atoms with van der Waals surface area (Å²) in [7, 11) is 0. The van der Waals surface area contributed by atoms with E-state index in [1.807, 2.05) is 5.38 Å². The van der Waals surface area contributed by atoms with Crippen LogP contribution in [0.3, 0.4) is 0 Å². The van der Waals surface area contributed by atoms with Crippen molar-refractivity contribution >= 4 is 17.2 Å². The molecule has 16 heavy (non-hydrogen) atoms. The van der Waals surface area contributed by atoms with Gasteiger partial charge in [-0.2, -0.15) is 0 Å². The lowest BCUT2D eigenvalue weighted by Crippen LogP contribution is -2.38. The first kappa shape index (κ1) is 11.5. The van der Waals surface area contributed by atoms with Crippen molar-refractivity contribution in [2.45, 2.75) is 31.7 Å². The van der Waals surface area contributed by atoms with E-state index in [4.69, 9.17) is 5.73 Å². The van der Waals surface area contributed by atoms with Gasteiger partial charge in [0.2, 0.25) is 5.91 Å². The smallest absolute Gasteiger partial charge is 0.220 e. The van der Waals surface area contributed by atoms with Crippen molar-refractivity contribution in [1.82, 2.24) is 10.3 Å². The highest BCUT2D eigenvalue weighted by Gasteiger charge is 2.28. The van der Waals surface area contributed by atoms with Gasteiger partial charge in [-0.3, -0.25) is 4.79 Å². The van der Waals surface area contributed by atoms with Gasteiger partial charge in [-0.25, -0.2) is 4.98 Å². The molecule has 0 bridgehead atoms. The third-order valence-corrected chi connectivity index (χ3v) is 3.65. The molecule has 1 atom stereocenters. The minimum absolute atomic E-state index is 0.0753. The van der Waals surface area contributed by atoms with Gasteiger partial charge >= 0.3 is 0 Å². The van der Waals surface area contributed by atoms with Crippen LogP contribution in [0.5, 0.6) is 0 Å². The highest BCUT2D eigenvalue weighted by Crippen LogP contribution is 2.31. The highest BCUT2D eigenvalue weighted by atomic mass is 32.1. The number of thiazole rings is 1. The van der Waals surface area contributed by atoms with E-state index in [2.05, 4.69) is 10.3 Å². The van der Waals surface area contributed by atoms with Crippen molar-refractivity contribution in [1.29, 1.82) is 0 Å². The number of amides is 1. The Hall–Kier alpha value is -0.940. The Kier molecular flexibility index (Phi) is 3.90. The molecule has 1 saturated carbocycles. The summed E-state index contributed by atoms with van der Waals surface area (Å²) in [4.78, 5) is 15.6. The highest BCUT2D eigenvalue weighted by molar-refractivity contribution is 7.09. The van der Waals surface area contributed by atoms with Gasteiger partial charge in [-0.05, 0) is 18.8 Å². The Bertz CT molecular complexity index is 335. The molecule has 1 amide bonds. The summed E-state index contributed by atoms with van der Waals surface area (Å²) in [6.45, 7) is 0.612. The quantitative estimate of drug-likeness (QED) is 0.776. The summed E-state index contributed by atoms with van der Waals surface area (Å²) in [5.41, 5.74) is 5.89. The molecule has 1 aliphatic rings. The van der Waals surface area contributed by atoms with Gasteiger partial charge in [-0.1, -0.05) is 0 Å². The van der Waals surface area contributed by atoms with Crippen molar-refractivity contribution in [2.75, 3.05) is 6.54 Å². The summed E-state index contributed by atoms with van der Waals surface area (Å²) in [6, 6.07) is 0.142. The van der Waals surface area contributed by atoms with Gasteiger partial charge in [-0.15, -0.1) is 11.3 Å². The van der Waals surface area contributed by atoms with E-state index in [-0.39, 0.29) is 11.9 Å². The third-order valence-electron chi connectivity index (χ3n) is 2.81. The summed E-state index contributed by atoms with van der Waals surface area (Å²) < 4.78 is 0. The summed E-state index contributed by atoms with van der Waals surface area (Å²) in [6.07, 6.45) is 5.43. The van der Waals surface area contributed by atoms with Crippen LogP contribution in [0.4, 0.5) is 0 Å². The molecule has 0 aliphatic heterocycles. The Labute approximate surface area is 99.3 Å². The normalized spacial score (nSPS) is 17.1. The average molecular weight is 239 g/mol. The molecular weight excluding hydrogens is 222 g/mol. The number of hydrogen-bond donors (Lipinski definition) is 2. The minimum atomic E-state index is 0.0753. The van der Waals surface area contributed by atoms with E-state index in [0.717, 1.165) is 11.4 Å². The molecule has 1 aliphatic carbocycles. The average Bonchev–Trinajstić information content (AvgIpc) is 3.01. The summed E-state index contributed by atoms with van der Waals surface area (Å²) in [5, 5.41) is 5.82. The monoisotopic (exact) mass is 239 g/mol. The van der Waals surface area contributed by atoms with Crippen LogP contribution in [-0.2, 0) is 11.2 Å². The zero-order valence-electron chi connectivity index (χ0n) is 9.19. The van der Waals surface area contributed by atoms with Gasteiger partial charge in [0.1, 0.15) is 0 Å². The number of carbonyl (C=O) groups excluding carboxylic acids is 1. The van der Waals surface area contributed by atoms with Crippen molar-refractivity contribution in [2.24, 2.45) is 11.7 Å². The van der Waals surface area contributed by atoms with E-state index in [9.17, 15) is 4.79 Å². The maximum atomic E-state index is 11.5. The second-order valence-corrected chi connectivity index (χ2v) is 5.21. The molecule has 88 valence electrons. The van der Waals surface area contributed by atoms with Crippen LogP contribution in [0.15, 0.2) is 11.6 Å². The molecule has 0 radical (unpaired) electrons. The van der Waals surface area contributed by atoms with Crippen molar-refractivity contribution < 1.29 is 4.79 Å². The third kappa shape index (κ3) is 3.57. The molecular formula is C11H17N3OS. The van der Waals surface area contributed by atoms with E-state index < -0.39 is 0 Å². The lowest BCUT2D eigenvalue weighted by molar-refractivity contribution is -0.121. The minimum Gasteiger partial charge on any atom is -0.355 e. The van der Waals surface area contributed by atoms with Crippen molar-refractivity contribution in [3.63, 3.8) is 0 Å². The first-order valence-corrected chi connectivity index (χ1v) is 6.54. The summed E-state index contributed by atoms with van der Waals surface area (Å²) >= 11 is 1.59. The predicted molar refractivity (Wildman–Crippen MR) is 64.1 cm³/mol. The second-order valence-electron chi connectivity index (χ2n) is 4.23. The molecule has 4 nitrogen and oxygen atoms in total. The molecule has 0 spiro atoms. The van der Waals surface area contributed by atoms with Crippen LogP contribution in [0.25, 0.3) is 0 Å². The Balaban J connectivity index is 1.60. The maximum absolute atomic E-state index is 11.5. The maximum Gasteiger partial charge on any atom is 0.220 e. The molecule has 1 fully saturated rings. The number of hydrogen-bond acceptors (Lipinski definition) is 4. The Morgan fingerprint density at radius 1 is 1.69 bits per heavy atom. The van der Waals surface area contributed by atoms with Crippen LogP contribution in [0.2, 0.25) is 0 Å². The van der Waals surface area contributed by atoms with E-state index in [0.29, 0.717) is 18.9 Å². The van der Waals surface area contributed by atoms with Gasteiger partial charge in [0.15, 0.2) is 0 Å². The van der Waals surface area contributed by atoms with Gasteiger partial charge < -0.3 is 11.1 Å². The first-order valence-electron chi connectivity index (χ1n) is 5.66. The molecule has 5 heteroatoms. The SMILES string of the molecule is NC(CNC(=O)CCc1nccs1)C1CC1. The van der Waals surface area contributed by atoms with E-state index >= 15 is 0 Å². The van der Waals surface area contributed by atoms with Crippen LogP contribution < -0.4 is 11.1 Å². The summed E-state index contributed by atoms with van der Waals surface area (Å²) in [5.74, 6) is 0.713. The molecule has 2 rings (SSSR count). The first-order chi connectivity index (χ1) is 7.75. The lowest BCUT2D eigenvalue weighted by Gasteiger charge is -2.11. The topological polar surface area (TPSA) is 68.0 Å². The zero-order chi connectivity index (χ0) is 11.4. The largest absolute Gasteiger partial charge is 0.355 e. The van der Waals surface area contributed by atoms with E-state index in [1.54, 1.807) is 17.5 Å². The lowest BCUT2D eigenvalue weighted by atomic mass is 10.2. The van der Waals surface area contributed by atoms with Crippen LogP contribution in [0, 0.1) is 5.92 Å². The molecule has 1 aromatic heterocycles. The van der Waals surface area contributed by atoms with Gasteiger partial charge in [0.25, 0.3) is 0 Å². The Morgan fingerprint density at radius 3 is 3.12 bits per heavy atom. The van der Waals surface area contributed by atoms with Gasteiger partial charge in [0, 0.05) is 37.0 Å². The number of aryl methyl sites for hydroxylation is 1.